The van der Waals surface area contributed by atoms with E-state index in [1.807, 2.05) is 0 Å². The van der Waals surface area contributed by atoms with E-state index in [9.17, 15) is 12.8 Å². The summed E-state index contributed by atoms with van der Waals surface area (Å²) < 4.78 is 40.8. The van der Waals surface area contributed by atoms with Gasteiger partial charge in [-0.05, 0) is 62.3 Å². The van der Waals surface area contributed by atoms with Crippen LogP contribution in [0.2, 0.25) is 0 Å². The predicted molar refractivity (Wildman–Crippen MR) is 82.3 cm³/mol. The van der Waals surface area contributed by atoms with Crippen molar-refractivity contribution in [1.29, 1.82) is 0 Å². The normalized spacial score (nSPS) is 21.2. The Bertz CT molecular complexity index is 590. The van der Waals surface area contributed by atoms with Crippen molar-refractivity contribution in [2.24, 2.45) is 5.92 Å². The first kappa shape index (κ1) is 16.4. The maximum Gasteiger partial charge on any atom is 0.243 e. The molecule has 1 atom stereocenters. The molecule has 5 heteroatoms. The monoisotopic (exact) mass is 313 g/mol. The molecule has 1 unspecified atom stereocenters. The van der Waals surface area contributed by atoms with Gasteiger partial charge in [0, 0.05) is 13.1 Å². The van der Waals surface area contributed by atoms with E-state index in [1.165, 1.54) is 12.1 Å². The van der Waals surface area contributed by atoms with E-state index in [0.717, 1.165) is 25.7 Å². The first-order chi connectivity index (χ1) is 9.86. The van der Waals surface area contributed by atoms with Crippen LogP contribution in [0.25, 0.3) is 0 Å². The van der Waals surface area contributed by atoms with Gasteiger partial charge in [0.1, 0.15) is 5.82 Å². The van der Waals surface area contributed by atoms with Gasteiger partial charge in [0.15, 0.2) is 0 Å². The van der Waals surface area contributed by atoms with Gasteiger partial charge in [-0.15, -0.1) is 0 Å². The Morgan fingerprint density at radius 1 is 1.19 bits per heavy atom. The first-order valence-corrected chi connectivity index (χ1v) is 9.07. The van der Waals surface area contributed by atoms with Crippen LogP contribution >= 0.6 is 0 Å². The summed E-state index contributed by atoms with van der Waals surface area (Å²) in [7, 11) is -3.53. The highest BCUT2D eigenvalue weighted by Gasteiger charge is 2.29. The molecular weight excluding hydrogens is 289 g/mol. The molecule has 0 radical (unpaired) electrons. The lowest BCUT2D eigenvalue weighted by Crippen LogP contribution is -2.33. The summed E-state index contributed by atoms with van der Waals surface area (Å²) in [6.07, 6.45) is 4.00. The van der Waals surface area contributed by atoms with E-state index in [1.54, 1.807) is 18.2 Å². The number of halogens is 1. The molecule has 3 nitrogen and oxygen atoms in total. The Hall–Kier alpha value is -0.940. The number of nitrogens with zero attached hydrogens (tertiary/aromatic N) is 1. The van der Waals surface area contributed by atoms with Gasteiger partial charge in [0.2, 0.25) is 10.0 Å². The van der Waals surface area contributed by atoms with Crippen molar-refractivity contribution in [3.05, 3.63) is 29.1 Å². The van der Waals surface area contributed by atoms with Gasteiger partial charge in [-0.25, -0.2) is 12.8 Å². The molecule has 1 fully saturated rings. The number of benzene rings is 1. The van der Waals surface area contributed by atoms with E-state index in [0.29, 0.717) is 30.1 Å². The summed E-state index contributed by atoms with van der Waals surface area (Å²) in [5.74, 6) is 0.228. The summed E-state index contributed by atoms with van der Waals surface area (Å²) >= 11 is 0. The Morgan fingerprint density at radius 2 is 1.81 bits per heavy atom. The van der Waals surface area contributed by atoms with E-state index in [-0.39, 0.29) is 10.7 Å². The molecule has 1 aromatic rings. The van der Waals surface area contributed by atoms with Gasteiger partial charge in [-0.1, -0.05) is 13.3 Å². The van der Waals surface area contributed by atoms with Crippen LogP contribution in [-0.2, 0) is 10.0 Å². The molecule has 1 aromatic carbocycles. The Balaban J connectivity index is 2.34. The van der Waals surface area contributed by atoms with Crippen molar-refractivity contribution in [1.82, 2.24) is 4.31 Å². The van der Waals surface area contributed by atoms with Crippen LogP contribution in [0.3, 0.4) is 0 Å². The molecule has 0 amide bonds. The molecule has 1 aliphatic rings. The van der Waals surface area contributed by atoms with Gasteiger partial charge < -0.3 is 0 Å². The highest BCUT2D eigenvalue weighted by atomic mass is 32.2. The molecule has 0 spiro atoms. The number of aryl methyl sites for hydroxylation is 2. The van der Waals surface area contributed by atoms with Crippen LogP contribution in [0.1, 0.15) is 43.7 Å². The van der Waals surface area contributed by atoms with Gasteiger partial charge in [-0.3, -0.25) is 0 Å². The molecule has 0 saturated carbocycles. The summed E-state index contributed by atoms with van der Waals surface area (Å²) in [4.78, 5) is 0.277. The summed E-state index contributed by atoms with van der Waals surface area (Å²) in [6.45, 7) is 6.61. The smallest absolute Gasteiger partial charge is 0.207 e. The minimum Gasteiger partial charge on any atom is -0.207 e. The number of rotatable bonds is 3. The lowest BCUT2D eigenvalue weighted by Gasteiger charge is -2.22. The summed E-state index contributed by atoms with van der Waals surface area (Å²) in [6, 6.07) is 2.60. The number of sulfonamides is 1. The van der Waals surface area contributed by atoms with E-state index < -0.39 is 10.0 Å². The quantitative estimate of drug-likeness (QED) is 0.854. The largest absolute Gasteiger partial charge is 0.243 e. The zero-order valence-electron chi connectivity index (χ0n) is 13.0. The highest BCUT2D eigenvalue weighted by molar-refractivity contribution is 7.89. The molecule has 1 saturated heterocycles. The molecule has 1 heterocycles. The van der Waals surface area contributed by atoms with Crippen LogP contribution in [0, 0.1) is 25.6 Å². The van der Waals surface area contributed by atoms with E-state index in [4.69, 9.17) is 0 Å². The third-order valence-corrected chi connectivity index (χ3v) is 6.61. The van der Waals surface area contributed by atoms with Crippen LogP contribution in [0.4, 0.5) is 4.39 Å². The zero-order valence-corrected chi connectivity index (χ0v) is 13.8. The summed E-state index contributed by atoms with van der Waals surface area (Å²) in [5.41, 5.74) is 0.979. The van der Waals surface area contributed by atoms with Crippen molar-refractivity contribution >= 4 is 10.0 Å². The lowest BCUT2D eigenvalue weighted by molar-refractivity contribution is 0.407. The number of hydrogen-bond donors (Lipinski definition) is 0. The Morgan fingerprint density at radius 3 is 2.38 bits per heavy atom. The molecule has 0 N–H and O–H groups in total. The van der Waals surface area contributed by atoms with Crippen molar-refractivity contribution in [3.63, 3.8) is 0 Å². The maximum atomic E-state index is 13.4. The SMILES string of the molecule is CCC1CCCN(S(=O)(=O)c2c(C)cc(F)cc2C)CC1. The van der Waals surface area contributed by atoms with Gasteiger partial charge in [0.05, 0.1) is 4.90 Å². The van der Waals surface area contributed by atoms with Gasteiger partial charge in [0.25, 0.3) is 0 Å². The third-order valence-electron chi connectivity index (χ3n) is 4.41. The topological polar surface area (TPSA) is 37.4 Å². The van der Waals surface area contributed by atoms with Crippen molar-refractivity contribution in [3.8, 4) is 0 Å². The Kier molecular flexibility index (Phi) is 5.04. The van der Waals surface area contributed by atoms with Gasteiger partial charge in [-0.2, -0.15) is 4.31 Å². The van der Waals surface area contributed by atoms with Crippen LogP contribution in [-0.4, -0.2) is 25.8 Å². The molecule has 118 valence electrons. The van der Waals surface area contributed by atoms with Crippen LogP contribution < -0.4 is 0 Å². The van der Waals surface area contributed by atoms with E-state index >= 15 is 0 Å². The second kappa shape index (κ2) is 6.44. The van der Waals surface area contributed by atoms with Crippen LogP contribution in [0.15, 0.2) is 17.0 Å². The molecule has 0 aliphatic carbocycles. The molecule has 21 heavy (non-hydrogen) atoms. The molecule has 0 bridgehead atoms. The van der Waals surface area contributed by atoms with Crippen molar-refractivity contribution in [2.75, 3.05) is 13.1 Å². The fourth-order valence-corrected chi connectivity index (χ4v) is 5.13. The molecule has 0 aromatic heterocycles. The predicted octanol–water partition coefficient (Wildman–Crippen LogP) is 3.64. The number of hydrogen-bond acceptors (Lipinski definition) is 2. The van der Waals surface area contributed by atoms with Crippen molar-refractivity contribution < 1.29 is 12.8 Å². The fraction of sp³-hybridized carbons (Fsp3) is 0.625. The van der Waals surface area contributed by atoms with Gasteiger partial charge >= 0.3 is 0 Å². The Labute approximate surface area is 127 Å². The fourth-order valence-electron chi connectivity index (χ4n) is 3.22. The summed E-state index contributed by atoms with van der Waals surface area (Å²) in [5, 5.41) is 0. The second-order valence-electron chi connectivity index (χ2n) is 5.98. The lowest BCUT2D eigenvalue weighted by atomic mass is 9.98. The zero-order chi connectivity index (χ0) is 15.6. The second-order valence-corrected chi connectivity index (χ2v) is 7.85. The minimum atomic E-state index is -3.53. The average molecular weight is 313 g/mol. The average Bonchev–Trinajstić information content (AvgIpc) is 2.62. The molecule has 2 rings (SSSR count). The molecular formula is C16H24FNO2S. The first-order valence-electron chi connectivity index (χ1n) is 7.63. The van der Waals surface area contributed by atoms with Crippen molar-refractivity contribution in [2.45, 2.75) is 51.3 Å². The van der Waals surface area contributed by atoms with E-state index in [2.05, 4.69) is 6.92 Å². The van der Waals surface area contributed by atoms with Crippen LogP contribution in [0.5, 0.6) is 0 Å². The maximum absolute atomic E-state index is 13.4. The standard InChI is InChI=1S/C16H24FNO2S/c1-4-14-6-5-8-18(9-7-14)21(19,20)16-12(2)10-15(17)11-13(16)3/h10-11,14H,4-9H2,1-3H3. The third kappa shape index (κ3) is 3.46. The minimum absolute atomic E-state index is 0.277. The highest BCUT2D eigenvalue weighted by Crippen LogP contribution is 2.28. The molecule has 1 aliphatic heterocycles.